The summed E-state index contributed by atoms with van der Waals surface area (Å²) < 4.78 is 5.53. The fourth-order valence-corrected chi connectivity index (χ4v) is 2.46. The van der Waals surface area contributed by atoms with Gasteiger partial charge in [-0.05, 0) is 46.4 Å². The number of carbonyl (C=O) groups excluding carboxylic acids is 1. The SMILES string of the molecule is CNC(C)c1ccccc1NC(=O)c1c(C)oc(C)c1C. The van der Waals surface area contributed by atoms with Crippen molar-refractivity contribution in [2.24, 2.45) is 0 Å². The van der Waals surface area contributed by atoms with Crippen LogP contribution in [0.2, 0.25) is 0 Å². The molecule has 1 atom stereocenters. The third-order valence-corrected chi connectivity index (χ3v) is 3.90. The fraction of sp³-hybridized carbons (Fsp3) is 0.353. The van der Waals surface area contributed by atoms with Gasteiger partial charge < -0.3 is 15.1 Å². The summed E-state index contributed by atoms with van der Waals surface area (Å²) in [6, 6.07) is 7.98. The highest BCUT2D eigenvalue weighted by molar-refractivity contribution is 6.06. The molecule has 2 N–H and O–H groups in total. The van der Waals surface area contributed by atoms with E-state index in [1.165, 1.54) is 0 Å². The van der Waals surface area contributed by atoms with Crippen LogP contribution in [0.4, 0.5) is 5.69 Å². The first kappa shape index (κ1) is 15.3. The predicted octanol–water partition coefficient (Wildman–Crippen LogP) is 3.74. The van der Waals surface area contributed by atoms with Crippen molar-refractivity contribution in [1.82, 2.24) is 5.32 Å². The molecule has 0 spiro atoms. The van der Waals surface area contributed by atoms with Crippen LogP contribution in [0.15, 0.2) is 28.7 Å². The van der Waals surface area contributed by atoms with E-state index in [1.54, 1.807) is 0 Å². The van der Waals surface area contributed by atoms with Gasteiger partial charge in [-0.25, -0.2) is 0 Å². The van der Waals surface area contributed by atoms with Crippen LogP contribution >= 0.6 is 0 Å². The molecule has 0 fully saturated rings. The van der Waals surface area contributed by atoms with Crippen LogP contribution in [-0.2, 0) is 0 Å². The monoisotopic (exact) mass is 286 g/mol. The molecule has 2 aromatic rings. The largest absolute Gasteiger partial charge is 0.466 e. The van der Waals surface area contributed by atoms with E-state index in [4.69, 9.17) is 4.42 Å². The smallest absolute Gasteiger partial charge is 0.259 e. The Morgan fingerprint density at radius 3 is 2.38 bits per heavy atom. The van der Waals surface area contributed by atoms with Crippen molar-refractivity contribution >= 4 is 11.6 Å². The number of hydrogen-bond acceptors (Lipinski definition) is 3. The Morgan fingerprint density at radius 1 is 1.14 bits per heavy atom. The molecule has 2 rings (SSSR count). The first-order chi connectivity index (χ1) is 9.95. The average Bonchev–Trinajstić information content (AvgIpc) is 2.71. The number of anilines is 1. The molecule has 21 heavy (non-hydrogen) atoms. The standard InChI is InChI=1S/C17H22N2O2/c1-10-12(3)21-13(4)16(10)17(20)19-15-9-7-6-8-14(15)11(2)18-5/h6-9,11,18H,1-5H3,(H,19,20). The number of hydrogen-bond donors (Lipinski definition) is 2. The molecular weight excluding hydrogens is 264 g/mol. The molecule has 1 aromatic heterocycles. The average molecular weight is 286 g/mol. The highest BCUT2D eigenvalue weighted by Crippen LogP contribution is 2.25. The van der Waals surface area contributed by atoms with E-state index in [0.717, 1.165) is 22.6 Å². The highest BCUT2D eigenvalue weighted by atomic mass is 16.3. The summed E-state index contributed by atoms with van der Waals surface area (Å²) in [6.45, 7) is 7.65. The minimum Gasteiger partial charge on any atom is -0.466 e. The number of amides is 1. The van der Waals surface area contributed by atoms with E-state index in [1.807, 2.05) is 52.1 Å². The normalized spacial score (nSPS) is 12.2. The van der Waals surface area contributed by atoms with Crippen molar-refractivity contribution in [2.45, 2.75) is 33.7 Å². The zero-order valence-electron chi connectivity index (χ0n) is 13.2. The van der Waals surface area contributed by atoms with Gasteiger partial charge in [0.25, 0.3) is 5.91 Å². The maximum absolute atomic E-state index is 12.5. The number of rotatable bonds is 4. The second-order valence-corrected chi connectivity index (χ2v) is 5.27. The topological polar surface area (TPSA) is 54.3 Å². The maximum Gasteiger partial charge on any atom is 0.259 e. The summed E-state index contributed by atoms with van der Waals surface area (Å²) in [6.07, 6.45) is 0. The van der Waals surface area contributed by atoms with E-state index in [2.05, 4.69) is 17.6 Å². The number of nitrogens with one attached hydrogen (secondary N) is 2. The van der Waals surface area contributed by atoms with Gasteiger partial charge in [-0.15, -0.1) is 0 Å². The molecule has 0 aliphatic heterocycles. The van der Waals surface area contributed by atoms with Gasteiger partial charge in [-0.3, -0.25) is 4.79 Å². The summed E-state index contributed by atoms with van der Waals surface area (Å²) in [5.41, 5.74) is 3.40. The van der Waals surface area contributed by atoms with Crippen molar-refractivity contribution in [3.05, 3.63) is 52.5 Å². The minimum atomic E-state index is -0.127. The lowest BCUT2D eigenvalue weighted by Gasteiger charge is -2.16. The van der Waals surface area contributed by atoms with Crippen LogP contribution in [0, 0.1) is 20.8 Å². The predicted molar refractivity (Wildman–Crippen MR) is 84.8 cm³/mol. The van der Waals surface area contributed by atoms with Crippen molar-refractivity contribution in [3.63, 3.8) is 0 Å². The third-order valence-electron chi connectivity index (χ3n) is 3.90. The van der Waals surface area contributed by atoms with Crippen molar-refractivity contribution in [3.8, 4) is 0 Å². The first-order valence-corrected chi connectivity index (χ1v) is 7.09. The van der Waals surface area contributed by atoms with E-state index in [0.29, 0.717) is 11.3 Å². The number of furan rings is 1. The van der Waals surface area contributed by atoms with Gasteiger partial charge in [-0.2, -0.15) is 0 Å². The van der Waals surface area contributed by atoms with E-state index < -0.39 is 0 Å². The minimum absolute atomic E-state index is 0.127. The summed E-state index contributed by atoms with van der Waals surface area (Å²) in [4.78, 5) is 12.5. The van der Waals surface area contributed by atoms with E-state index in [9.17, 15) is 4.79 Å². The summed E-state index contributed by atoms with van der Waals surface area (Å²) >= 11 is 0. The van der Waals surface area contributed by atoms with E-state index >= 15 is 0 Å². The van der Waals surface area contributed by atoms with Crippen molar-refractivity contribution < 1.29 is 9.21 Å². The maximum atomic E-state index is 12.5. The summed E-state index contributed by atoms with van der Waals surface area (Å²) in [5.74, 6) is 1.31. The van der Waals surface area contributed by atoms with Crippen LogP contribution < -0.4 is 10.6 Å². The second kappa shape index (κ2) is 6.14. The lowest BCUT2D eigenvalue weighted by Crippen LogP contribution is -2.18. The molecule has 0 aliphatic rings. The number of para-hydroxylation sites is 1. The highest BCUT2D eigenvalue weighted by Gasteiger charge is 2.20. The molecule has 1 aromatic carbocycles. The third kappa shape index (κ3) is 3.00. The molecule has 0 saturated heterocycles. The Hall–Kier alpha value is -2.07. The van der Waals surface area contributed by atoms with Crippen LogP contribution in [0.25, 0.3) is 0 Å². The zero-order valence-corrected chi connectivity index (χ0v) is 13.2. The van der Waals surface area contributed by atoms with Crippen LogP contribution in [-0.4, -0.2) is 13.0 Å². The second-order valence-electron chi connectivity index (χ2n) is 5.27. The molecule has 1 heterocycles. The Kier molecular flexibility index (Phi) is 4.48. The van der Waals surface area contributed by atoms with Gasteiger partial charge in [0.1, 0.15) is 11.5 Å². The Morgan fingerprint density at radius 2 is 1.81 bits per heavy atom. The first-order valence-electron chi connectivity index (χ1n) is 7.09. The van der Waals surface area contributed by atoms with Crippen LogP contribution in [0.1, 0.15) is 46.0 Å². The molecule has 4 heteroatoms. The van der Waals surface area contributed by atoms with Gasteiger partial charge in [0, 0.05) is 17.3 Å². The van der Waals surface area contributed by atoms with Gasteiger partial charge in [0.2, 0.25) is 0 Å². The summed E-state index contributed by atoms with van der Waals surface area (Å²) in [7, 11) is 1.90. The van der Waals surface area contributed by atoms with Gasteiger partial charge in [0.05, 0.1) is 5.56 Å². The van der Waals surface area contributed by atoms with Gasteiger partial charge in [0.15, 0.2) is 0 Å². The van der Waals surface area contributed by atoms with E-state index in [-0.39, 0.29) is 11.9 Å². The molecule has 0 radical (unpaired) electrons. The van der Waals surface area contributed by atoms with Gasteiger partial charge in [-0.1, -0.05) is 18.2 Å². The summed E-state index contributed by atoms with van der Waals surface area (Å²) in [5, 5.41) is 6.19. The number of benzene rings is 1. The van der Waals surface area contributed by atoms with Crippen molar-refractivity contribution in [2.75, 3.05) is 12.4 Å². The Balaban J connectivity index is 2.32. The zero-order chi connectivity index (χ0) is 15.6. The van der Waals surface area contributed by atoms with Crippen LogP contribution in [0.3, 0.4) is 0 Å². The van der Waals surface area contributed by atoms with Crippen LogP contribution in [0.5, 0.6) is 0 Å². The number of carbonyl (C=O) groups is 1. The molecule has 0 saturated carbocycles. The molecular formula is C17H22N2O2. The Bertz CT molecular complexity index is 659. The number of aryl methyl sites for hydroxylation is 2. The lowest BCUT2D eigenvalue weighted by molar-refractivity contribution is 0.102. The van der Waals surface area contributed by atoms with Gasteiger partial charge >= 0.3 is 0 Å². The lowest BCUT2D eigenvalue weighted by atomic mass is 10.1. The molecule has 4 nitrogen and oxygen atoms in total. The molecule has 1 amide bonds. The molecule has 0 aliphatic carbocycles. The molecule has 112 valence electrons. The molecule has 1 unspecified atom stereocenters. The molecule has 0 bridgehead atoms. The quantitative estimate of drug-likeness (QED) is 0.900. The fourth-order valence-electron chi connectivity index (χ4n) is 2.46. The Labute approximate surface area is 125 Å². The van der Waals surface area contributed by atoms with Crippen molar-refractivity contribution in [1.29, 1.82) is 0 Å².